The Labute approximate surface area is 129 Å². The number of likely N-dealkylation sites (N-methyl/N-ethyl adjacent to an activating group) is 1. The molecule has 0 unspecified atom stereocenters. The number of hydrogen-bond donors (Lipinski definition) is 1. The van der Waals surface area contributed by atoms with Gasteiger partial charge in [0, 0.05) is 24.7 Å². The highest BCUT2D eigenvalue weighted by atomic mass is 32.2. The third-order valence-electron chi connectivity index (χ3n) is 4.61. The standard InChI is InChI=1S/C16H22F2N2S/c1-20-7-4-15(19-12-5-8-21-9-6-12)16(20)11-2-3-13(17)14(18)10-11/h2-3,10,12,15-16,19H,4-9H2,1H3/t15-,16-/m1/s1. The molecule has 116 valence electrons. The van der Waals surface area contributed by atoms with Crippen molar-refractivity contribution < 1.29 is 8.78 Å². The normalized spacial score (nSPS) is 28.1. The Morgan fingerprint density at radius 3 is 2.62 bits per heavy atom. The molecule has 21 heavy (non-hydrogen) atoms. The van der Waals surface area contributed by atoms with E-state index < -0.39 is 11.6 Å². The van der Waals surface area contributed by atoms with E-state index in [2.05, 4.69) is 17.3 Å². The van der Waals surface area contributed by atoms with E-state index in [1.54, 1.807) is 6.07 Å². The van der Waals surface area contributed by atoms with Gasteiger partial charge in [0.1, 0.15) is 0 Å². The Balaban J connectivity index is 1.75. The van der Waals surface area contributed by atoms with E-state index in [0.29, 0.717) is 12.1 Å². The van der Waals surface area contributed by atoms with Crippen molar-refractivity contribution in [1.29, 1.82) is 0 Å². The fourth-order valence-electron chi connectivity index (χ4n) is 3.47. The van der Waals surface area contributed by atoms with Gasteiger partial charge in [0.2, 0.25) is 0 Å². The number of rotatable bonds is 3. The van der Waals surface area contributed by atoms with Crippen LogP contribution in [-0.4, -0.2) is 42.1 Å². The summed E-state index contributed by atoms with van der Waals surface area (Å²) < 4.78 is 26.7. The predicted octanol–water partition coefficient (Wildman–Crippen LogP) is 3.20. The zero-order valence-electron chi connectivity index (χ0n) is 12.3. The number of likely N-dealkylation sites (tertiary alicyclic amines) is 1. The summed E-state index contributed by atoms with van der Waals surface area (Å²) >= 11 is 2.02. The first-order valence-corrected chi connectivity index (χ1v) is 8.79. The molecule has 2 nitrogen and oxygen atoms in total. The summed E-state index contributed by atoms with van der Waals surface area (Å²) in [6.45, 7) is 0.989. The van der Waals surface area contributed by atoms with Crippen LogP contribution in [0.3, 0.4) is 0 Å². The van der Waals surface area contributed by atoms with Gasteiger partial charge < -0.3 is 5.32 Å². The van der Waals surface area contributed by atoms with Crippen molar-refractivity contribution in [3.8, 4) is 0 Å². The van der Waals surface area contributed by atoms with Crippen LogP contribution in [0.1, 0.15) is 30.9 Å². The quantitative estimate of drug-likeness (QED) is 0.923. The maximum Gasteiger partial charge on any atom is 0.159 e. The number of nitrogens with zero attached hydrogens (tertiary/aromatic N) is 1. The molecule has 3 rings (SSSR count). The molecule has 0 amide bonds. The summed E-state index contributed by atoms with van der Waals surface area (Å²) in [4.78, 5) is 2.24. The predicted molar refractivity (Wildman–Crippen MR) is 83.6 cm³/mol. The zero-order chi connectivity index (χ0) is 14.8. The number of benzene rings is 1. The van der Waals surface area contributed by atoms with Crippen LogP contribution in [0.2, 0.25) is 0 Å². The van der Waals surface area contributed by atoms with Crippen LogP contribution in [0, 0.1) is 11.6 Å². The molecular formula is C16H22F2N2S. The Bertz CT molecular complexity index is 491. The summed E-state index contributed by atoms with van der Waals surface area (Å²) in [7, 11) is 2.06. The second kappa shape index (κ2) is 6.63. The third kappa shape index (κ3) is 3.41. The van der Waals surface area contributed by atoms with Crippen molar-refractivity contribution in [2.75, 3.05) is 25.1 Å². The monoisotopic (exact) mass is 312 g/mol. The molecule has 1 aromatic rings. The Kier molecular flexibility index (Phi) is 4.82. The fraction of sp³-hybridized carbons (Fsp3) is 0.625. The lowest BCUT2D eigenvalue weighted by Crippen LogP contribution is -2.43. The molecule has 0 radical (unpaired) electrons. The van der Waals surface area contributed by atoms with E-state index in [-0.39, 0.29) is 6.04 Å². The molecule has 1 aromatic carbocycles. The molecule has 0 bridgehead atoms. The van der Waals surface area contributed by atoms with Crippen LogP contribution in [0.15, 0.2) is 18.2 Å². The highest BCUT2D eigenvalue weighted by molar-refractivity contribution is 7.99. The van der Waals surface area contributed by atoms with E-state index in [0.717, 1.165) is 18.5 Å². The number of hydrogen-bond acceptors (Lipinski definition) is 3. The van der Waals surface area contributed by atoms with Crippen molar-refractivity contribution in [1.82, 2.24) is 10.2 Å². The first-order chi connectivity index (χ1) is 10.1. The molecular weight excluding hydrogens is 290 g/mol. The van der Waals surface area contributed by atoms with Crippen molar-refractivity contribution in [3.05, 3.63) is 35.4 Å². The van der Waals surface area contributed by atoms with Gasteiger partial charge in [0.05, 0.1) is 0 Å². The van der Waals surface area contributed by atoms with Crippen LogP contribution < -0.4 is 5.32 Å². The number of nitrogens with one attached hydrogen (secondary N) is 1. The molecule has 0 aliphatic carbocycles. The van der Waals surface area contributed by atoms with Crippen LogP contribution in [0.25, 0.3) is 0 Å². The lowest BCUT2D eigenvalue weighted by Gasteiger charge is -2.31. The van der Waals surface area contributed by atoms with Crippen LogP contribution >= 0.6 is 11.8 Å². The van der Waals surface area contributed by atoms with Gasteiger partial charge in [-0.05, 0) is 55.5 Å². The minimum Gasteiger partial charge on any atom is -0.309 e. The molecule has 2 saturated heterocycles. The highest BCUT2D eigenvalue weighted by Crippen LogP contribution is 2.33. The van der Waals surface area contributed by atoms with Gasteiger partial charge in [-0.2, -0.15) is 11.8 Å². The van der Waals surface area contributed by atoms with Gasteiger partial charge in [-0.15, -0.1) is 0 Å². The van der Waals surface area contributed by atoms with Crippen molar-refractivity contribution in [2.24, 2.45) is 0 Å². The number of thioether (sulfide) groups is 1. The zero-order valence-corrected chi connectivity index (χ0v) is 13.1. The van der Waals surface area contributed by atoms with E-state index in [1.807, 2.05) is 11.8 Å². The minimum absolute atomic E-state index is 0.134. The number of halogens is 2. The van der Waals surface area contributed by atoms with Gasteiger partial charge >= 0.3 is 0 Å². The second-order valence-corrected chi connectivity index (χ2v) is 7.27. The SMILES string of the molecule is CN1CC[C@@H](NC2CCSCC2)[C@H]1c1ccc(F)c(F)c1. The van der Waals surface area contributed by atoms with Gasteiger partial charge in [-0.3, -0.25) is 4.90 Å². The molecule has 5 heteroatoms. The summed E-state index contributed by atoms with van der Waals surface area (Å²) in [6.07, 6.45) is 3.47. The average Bonchev–Trinajstić information content (AvgIpc) is 2.84. The molecule has 0 saturated carbocycles. The Hall–Kier alpha value is -0.650. The van der Waals surface area contributed by atoms with Gasteiger partial charge in [0.25, 0.3) is 0 Å². The first-order valence-electron chi connectivity index (χ1n) is 7.64. The lowest BCUT2D eigenvalue weighted by molar-refractivity contribution is 0.271. The van der Waals surface area contributed by atoms with Crippen molar-refractivity contribution >= 4 is 11.8 Å². The molecule has 2 atom stereocenters. The van der Waals surface area contributed by atoms with Gasteiger partial charge in [-0.25, -0.2) is 8.78 Å². The molecule has 2 aliphatic heterocycles. The minimum atomic E-state index is -0.770. The van der Waals surface area contributed by atoms with E-state index in [4.69, 9.17) is 0 Å². The maximum atomic E-state index is 13.5. The van der Waals surface area contributed by atoms with E-state index in [1.165, 1.54) is 36.5 Å². The maximum absolute atomic E-state index is 13.5. The Morgan fingerprint density at radius 2 is 1.90 bits per heavy atom. The highest BCUT2D eigenvalue weighted by Gasteiger charge is 2.34. The van der Waals surface area contributed by atoms with Crippen molar-refractivity contribution in [2.45, 2.75) is 37.4 Å². The van der Waals surface area contributed by atoms with Crippen LogP contribution in [0.4, 0.5) is 8.78 Å². The van der Waals surface area contributed by atoms with Gasteiger partial charge in [-0.1, -0.05) is 6.07 Å². The lowest BCUT2D eigenvalue weighted by atomic mass is 9.98. The van der Waals surface area contributed by atoms with Crippen LogP contribution in [0.5, 0.6) is 0 Å². The van der Waals surface area contributed by atoms with Crippen LogP contribution in [-0.2, 0) is 0 Å². The summed E-state index contributed by atoms with van der Waals surface area (Å²) in [5.74, 6) is 0.917. The van der Waals surface area contributed by atoms with E-state index >= 15 is 0 Å². The molecule has 2 heterocycles. The first kappa shape index (κ1) is 15.3. The summed E-state index contributed by atoms with van der Waals surface area (Å²) in [5.41, 5.74) is 0.872. The molecule has 2 aliphatic rings. The molecule has 2 fully saturated rings. The smallest absolute Gasteiger partial charge is 0.159 e. The third-order valence-corrected chi connectivity index (χ3v) is 5.65. The van der Waals surface area contributed by atoms with Crippen molar-refractivity contribution in [3.63, 3.8) is 0 Å². The topological polar surface area (TPSA) is 15.3 Å². The second-order valence-electron chi connectivity index (χ2n) is 6.05. The summed E-state index contributed by atoms with van der Waals surface area (Å²) in [5, 5.41) is 3.76. The molecule has 0 spiro atoms. The summed E-state index contributed by atoms with van der Waals surface area (Å²) in [6, 6.07) is 5.34. The van der Waals surface area contributed by atoms with Gasteiger partial charge in [0.15, 0.2) is 11.6 Å². The van der Waals surface area contributed by atoms with E-state index in [9.17, 15) is 8.78 Å². The Morgan fingerprint density at radius 1 is 1.14 bits per heavy atom. The largest absolute Gasteiger partial charge is 0.309 e. The molecule has 0 aromatic heterocycles. The average molecular weight is 312 g/mol. The fourth-order valence-corrected chi connectivity index (χ4v) is 4.58. The molecule has 1 N–H and O–H groups in total.